The zero-order valence-electron chi connectivity index (χ0n) is 43.7. The molecule has 0 unspecified atom stereocenters. The van der Waals surface area contributed by atoms with E-state index < -0.39 is 0 Å². The molecule has 14 aromatic rings. The van der Waals surface area contributed by atoms with Gasteiger partial charge in [-0.15, -0.1) is 0 Å². The molecule has 6 aromatic carbocycles. The van der Waals surface area contributed by atoms with Crippen LogP contribution in [0.25, 0.3) is 128 Å². The molecule has 14 rings (SSSR count). The maximum atomic E-state index is 5.20. The first kappa shape index (κ1) is 46.0. The van der Waals surface area contributed by atoms with Crippen LogP contribution < -0.4 is 0 Å². The maximum Gasteiger partial charge on any atom is 0.160 e. The minimum atomic E-state index is -0.0778. The van der Waals surface area contributed by atoms with Gasteiger partial charge >= 0.3 is 0 Å². The highest BCUT2D eigenvalue weighted by atomic mass is 15.1. The van der Waals surface area contributed by atoms with Crippen LogP contribution in [0.2, 0.25) is 0 Å². The van der Waals surface area contributed by atoms with Gasteiger partial charge in [0.2, 0.25) is 0 Å². The van der Waals surface area contributed by atoms with Crippen LogP contribution in [0.4, 0.5) is 0 Å². The molecule has 8 heterocycles. The Labute approximate surface area is 445 Å². The van der Waals surface area contributed by atoms with E-state index in [1.807, 2.05) is 85.5 Å². The van der Waals surface area contributed by atoms with Crippen LogP contribution in [-0.2, 0) is 10.8 Å². The van der Waals surface area contributed by atoms with Crippen molar-refractivity contribution in [2.24, 2.45) is 0 Å². The van der Waals surface area contributed by atoms with E-state index in [-0.39, 0.29) is 10.8 Å². The number of hydrogen-bond acceptors (Lipinski definition) is 6. The number of rotatable bonds is 7. The summed E-state index contributed by atoms with van der Waals surface area (Å²) in [6.45, 7) is 13.8. The number of fused-ring (bicyclic) bond motifs is 9. The molecule has 0 atom stereocenters. The van der Waals surface area contributed by atoms with Crippen molar-refractivity contribution in [3.05, 3.63) is 224 Å². The van der Waals surface area contributed by atoms with E-state index in [4.69, 9.17) is 29.9 Å². The van der Waals surface area contributed by atoms with Gasteiger partial charge in [-0.05, 0) is 124 Å². The average Bonchev–Trinajstić information content (AvgIpc) is 4.21. The summed E-state index contributed by atoms with van der Waals surface area (Å²) in [5.74, 6) is 0.676. The summed E-state index contributed by atoms with van der Waals surface area (Å²) in [7, 11) is 0. The molecule has 0 radical (unpaired) electrons. The summed E-state index contributed by atoms with van der Waals surface area (Å²) >= 11 is 0. The summed E-state index contributed by atoms with van der Waals surface area (Å²) < 4.78 is 7.24. The largest absolute Gasteiger partial charge is 0.305 e. The molecule has 0 N–H and O–H groups in total. The van der Waals surface area contributed by atoms with Gasteiger partial charge in [0.1, 0.15) is 22.1 Å². The Morgan fingerprint density at radius 2 is 0.701 bits per heavy atom. The minimum absolute atomic E-state index is 0.0778. The lowest BCUT2D eigenvalue weighted by Gasteiger charge is -2.24. The van der Waals surface area contributed by atoms with Gasteiger partial charge in [-0.3, -0.25) is 19.9 Å². The molecule has 8 aromatic heterocycles. The number of hydrogen-bond donors (Lipinski definition) is 0. The van der Waals surface area contributed by atoms with E-state index in [0.29, 0.717) is 5.82 Å². The zero-order chi connectivity index (χ0) is 52.2. The molecular formula is C68H53N9. The predicted octanol–water partition coefficient (Wildman–Crippen LogP) is 16.6. The van der Waals surface area contributed by atoms with E-state index >= 15 is 0 Å². The van der Waals surface area contributed by atoms with Crippen molar-refractivity contribution in [2.45, 2.75) is 52.4 Å². The maximum absolute atomic E-state index is 5.20. The van der Waals surface area contributed by atoms with Gasteiger partial charge in [0.15, 0.2) is 5.82 Å². The molecule has 0 aliphatic carbocycles. The van der Waals surface area contributed by atoms with Crippen molar-refractivity contribution in [3.63, 3.8) is 0 Å². The standard InChI is InChI=1S/C68H53N9/c1-67(2,3)47-29-31-53-49(39-47)50-40-48(68(4,5)6)30-32-54(50)77(53)65-59(75-55-21-13-33-69-61(55)62-56(75)22-14-34-70-62)37-46(38-60(65)76-57-23-15-35-71-63(57)64-58(76)24-16-36-72-64)42-25-27-44(28-26-42)52-41-51(43-17-9-7-10-18-43)73-66(74-52)45-19-11-8-12-20-45/h7-41H,1-6H3. The Hall–Kier alpha value is -9.60. The number of nitrogens with zero attached hydrogens (tertiary/aromatic N) is 9. The van der Waals surface area contributed by atoms with E-state index in [1.165, 1.54) is 21.9 Å². The van der Waals surface area contributed by atoms with Gasteiger partial charge in [0, 0.05) is 52.3 Å². The molecule has 0 bridgehead atoms. The number of aromatic nitrogens is 9. The van der Waals surface area contributed by atoms with E-state index in [0.717, 1.165) is 111 Å². The van der Waals surface area contributed by atoms with Crippen LogP contribution in [0, 0.1) is 0 Å². The van der Waals surface area contributed by atoms with Crippen molar-refractivity contribution < 1.29 is 0 Å². The zero-order valence-corrected chi connectivity index (χ0v) is 43.7. The first-order chi connectivity index (χ1) is 37.5. The Morgan fingerprint density at radius 3 is 1.12 bits per heavy atom. The monoisotopic (exact) mass is 995 g/mol. The van der Waals surface area contributed by atoms with Crippen LogP contribution in [0.15, 0.2) is 213 Å². The smallest absolute Gasteiger partial charge is 0.160 e. The second-order valence-corrected chi connectivity index (χ2v) is 22.1. The third-order valence-corrected chi connectivity index (χ3v) is 15.2. The van der Waals surface area contributed by atoms with Crippen molar-refractivity contribution in [2.75, 3.05) is 0 Å². The fourth-order valence-corrected chi connectivity index (χ4v) is 11.3. The average molecular weight is 996 g/mol. The molecule has 0 aliphatic heterocycles. The van der Waals surface area contributed by atoms with Crippen molar-refractivity contribution >= 4 is 65.9 Å². The van der Waals surface area contributed by atoms with Gasteiger partial charge in [-0.1, -0.05) is 139 Å². The first-order valence-electron chi connectivity index (χ1n) is 26.3. The molecule has 0 aliphatic rings. The summed E-state index contributed by atoms with van der Waals surface area (Å²) in [5.41, 5.74) is 21.3. The van der Waals surface area contributed by atoms with Gasteiger partial charge in [-0.2, -0.15) is 0 Å². The minimum Gasteiger partial charge on any atom is -0.305 e. The van der Waals surface area contributed by atoms with Gasteiger partial charge in [0.25, 0.3) is 0 Å². The Balaban J connectivity index is 1.11. The van der Waals surface area contributed by atoms with Crippen LogP contribution in [0.3, 0.4) is 0 Å². The second-order valence-electron chi connectivity index (χ2n) is 22.1. The lowest BCUT2D eigenvalue weighted by Crippen LogP contribution is -2.11. The lowest BCUT2D eigenvalue weighted by molar-refractivity contribution is 0.590. The quantitative estimate of drug-likeness (QED) is 0.158. The summed E-state index contributed by atoms with van der Waals surface area (Å²) in [6, 6.07) is 67.0. The Bertz CT molecular complexity index is 4260. The number of pyridine rings is 4. The Morgan fingerprint density at radius 1 is 0.312 bits per heavy atom. The Kier molecular flexibility index (Phi) is 10.4. The third-order valence-electron chi connectivity index (χ3n) is 15.2. The fraction of sp³-hybridized carbons (Fsp3) is 0.118. The molecule has 77 heavy (non-hydrogen) atoms. The highest BCUT2D eigenvalue weighted by Crippen LogP contribution is 2.46. The van der Waals surface area contributed by atoms with Crippen LogP contribution >= 0.6 is 0 Å². The molecule has 0 saturated carbocycles. The van der Waals surface area contributed by atoms with Crippen LogP contribution in [0.5, 0.6) is 0 Å². The summed E-state index contributed by atoms with van der Waals surface area (Å²) in [6.07, 6.45) is 7.44. The van der Waals surface area contributed by atoms with Crippen molar-refractivity contribution in [1.29, 1.82) is 0 Å². The predicted molar refractivity (Wildman–Crippen MR) is 315 cm³/mol. The van der Waals surface area contributed by atoms with Crippen molar-refractivity contribution in [1.82, 2.24) is 43.6 Å². The van der Waals surface area contributed by atoms with Gasteiger partial charge < -0.3 is 13.7 Å². The SMILES string of the molecule is CC(C)(C)c1ccc2c(c1)c1cc(C(C)(C)C)ccc1n2-c1c(-n2c3cccnc3c3ncccc32)cc(-c2ccc(-c3cc(-c4ccccc4)nc(-c4ccccc4)n3)cc2)cc1-n1c2cccnc2c2ncccc21. The molecule has 0 fully saturated rings. The molecule has 9 nitrogen and oxygen atoms in total. The second kappa shape index (κ2) is 17.5. The third kappa shape index (κ3) is 7.60. The molecular weight excluding hydrogens is 943 g/mol. The highest BCUT2D eigenvalue weighted by Gasteiger charge is 2.29. The van der Waals surface area contributed by atoms with Gasteiger partial charge in [-0.25, -0.2) is 9.97 Å². The molecule has 9 heteroatoms. The lowest BCUT2D eigenvalue weighted by atomic mass is 9.85. The fourth-order valence-electron chi connectivity index (χ4n) is 11.3. The molecule has 370 valence electrons. The topological polar surface area (TPSA) is 92.1 Å². The number of benzene rings is 6. The summed E-state index contributed by atoms with van der Waals surface area (Å²) in [5, 5.41) is 2.39. The van der Waals surface area contributed by atoms with E-state index in [1.54, 1.807) is 0 Å². The molecule has 0 amide bonds. The van der Waals surface area contributed by atoms with Crippen LogP contribution in [0.1, 0.15) is 52.7 Å². The first-order valence-corrected chi connectivity index (χ1v) is 26.3. The summed E-state index contributed by atoms with van der Waals surface area (Å²) in [4.78, 5) is 30.3. The highest BCUT2D eigenvalue weighted by molar-refractivity contribution is 6.12. The van der Waals surface area contributed by atoms with E-state index in [9.17, 15) is 0 Å². The normalized spacial score (nSPS) is 12.3. The van der Waals surface area contributed by atoms with Crippen LogP contribution in [-0.4, -0.2) is 43.6 Å². The van der Waals surface area contributed by atoms with E-state index in [2.05, 4.69) is 183 Å². The molecule has 0 saturated heterocycles. The van der Waals surface area contributed by atoms with Crippen molar-refractivity contribution in [3.8, 4) is 62.1 Å². The van der Waals surface area contributed by atoms with Gasteiger partial charge in [0.05, 0.1) is 61.6 Å². The molecule has 0 spiro atoms.